The smallest absolute Gasteiger partial charge is 0.233 e. The number of hydrogen-bond donors (Lipinski definition) is 0. The van der Waals surface area contributed by atoms with E-state index in [1.807, 2.05) is 17.9 Å². The van der Waals surface area contributed by atoms with Gasteiger partial charge in [0.2, 0.25) is 5.91 Å². The SMILES string of the molecule is CCOCCCN1C(=O)CSC1c1sccc1Br. The monoisotopic (exact) mass is 349 g/mol. The summed E-state index contributed by atoms with van der Waals surface area (Å²) in [5.74, 6) is 0.825. The molecule has 6 heteroatoms. The third-order valence-corrected chi connectivity index (χ3v) is 6.02. The largest absolute Gasteiger partial charge is 0.382 e. The number of hydrogen-bond acceptors (Lipinski definition) is 4. The molecule has 1 atom stereocenters. The van der Waals surface area contributed by atoms with Crippen LogP contribution in [-0.2, 0) is 9.53 Å². The zero-order valence-corrected chi connectivity index (χ0v) is 13.4. The minimum atomic E-state index is 0.175. The average molecular weight is 350 g/mol. The van der Waals surface area contributed by atoms with Crippen LogP contribution in [0.25, 0.3) is 0 Å². The Morgan fingerprint density at radius 2 is 2.44 bits per heavy atom. The zero-order chi connectivity index (χ0) is 13.0. The van der Waals surface area contributed by atoms with E-state index in [4.69, 9.17) is 4.74 Å². The van der Waals surface area contributed by atoms with Gasteiger partial charge in [-0.1, -0.05) is 0 Å². The molecule has 0 aliphatic carbocycles. The molecule has 0 radical (unpaired) electrons. The van der Waals surface area contributed by atoms with Crippen LogP contribution >= 0.6 is 39.0 Å². The molecule has 1 aliphatic heterocycles. The van der Waals surface area contributed by atoms with Crippen LogP contribution < -0.4 is 0 Å². The number of carbonyl (C=O) groups is 1. The lowest BCUT2D eigenvalue weighted by atomic mass is 10.3. The van der Waals surface area contributed by atoms with Crippen LogP contribution in [0.5, 0.6) is 0 Å². The fourth-order valence-electron chi connectivity index (χ4n) is 1.88. The van der Waals surface area contributed by atoms with E-state index in [9.17, 15) is 4.79 Å². The summed E-state index contributed by atoms with van der Waals surface area (Å²) in [7, 11) is 0. The summed E-state index contributed by atoms with van der Waals surface area (Å²) in [4.78, 5) is 15.1. The van der Waals surface area contributed by atoms with Gasteiger partial charge in [-0.15, -0.1) is 23.1 Å². The third-order valence-electron chi connectivity index (χ3n) is 2.73. The molecule has 18 heavy (non-hydrogen) atoms. The molecule has 2 rings (SSSR count). The van der Waals surface area contributed by atoms with E-state index in [0.29, 0.717) is 5.75 Å². The Kier molecular flexibility index (Phi) is 5.54. The van der Waals surface area contributed by atoms with Gasteiger partial charge >= 0.3 is 0 Å². The zero-order valence-electron chi connectivity index (χ0n) is 10.2. The number of nitrogens with zero attached hydrogens (tertiary/aromatic N) is 1. The van der Waals surface area contributed by atoms with E-state index in [1.54, 1.807) is 23.1 Å². The Labute approximate surface area is 124 Å². The lowest BCUT2D eigenvalue weighted by Gasteiger charge is -2.23. The van der Waals surface area contributed by atoms with Crippen molar-refractivity contribution in [1.29, 1.82) is 0 Å². The Morgan fingerprint density at radius 3 is 3.11 bits per heavy atom. The van der Waals surface area contributed by atoms with E-state index in [0.717, 1.165) is 30.7 Å². The molecule has 0 aromatic carbocycles. The topological polar surface area (TPSA) is 29.5 Å². The Hall–Kier alpha value is -0.0400. The summed E-state index contributed by atoms with van der Waals surface area (Å²) in [6.45, 7) is 4.23. The van der Waals surface area contributed by atoms with Crippen LogP contribution in [-0.4, -0.2) is 36.3 Å². The predicted octanol–water partition coefficient (Wildman–Crippen LogP) is 3.51. The van der Waals surface area contributed by atoms with Gasteiger partial charge in [0.25, 0.3) is 0 Å². The van der Waals surface area contributed by atoms with Crippen LogP contribution in [0.3, 0.4) is 0 Å². The highest BCUT2D eigenvalue weighted by molar-refractivity contribution is 9.10. The van der Waals surface area contributed by atoms with Crippen molar-refractivity contribution in [1.82, 2.24) is 4.90 Å². The first kappa shape index (κ1) is 14.4. The minimum Gasteiger partial charge on any atom is -0.382 e. The number of ether oxygens (including phenoxy) is 1. The van der Waals surface area contributed by atoms with Gasteiger partial charge in [0.05, 0.1) is 10.6 Å². The highest BCUT2D eigenvalue weighted by Gasteiger charge is 2.34. The molecule has 0 bridgehead atoms. The maximum atomic E-state index is 11.9. The average Bonchev–Trinajstić information content (AvgIpc) is 2.92. The maximum absolute atomic E-state index is 11.9. The van der Waals surface area contributed by atoms with Gasteiger partial charge in [-0.05, 0) is 40.7 Å². The molecule has 1 saturated heterocycles. The molecule has 1 amide bonds. The molecule has 1 aromatic heterocycles. The third kappa shape index (κ3) is 3.29. The molecule has 2 heterocycles. The number of thiophene rings is 1. The lowest BCUT2D eigenvalue weighted by Crippen LogP contribution is -2.29. The maximum Gasteiger partial charge on any atom is 0.233 e. The number of halogens is 1. The Bertz CT molecular complexity index is 411. The van der Waals surface area contributed by atoms with Crippen LogP contribution in [0, 0.1) is 0 Å². The summed E-state index contributed by atoms with van der Waals surface area (Å²) >= 11 is 6.96. The molecule has 0 spiro atoms. The van der Waals surface area contributed by atoms with Crippen molar-refractivity contribution in [3.63, 3.8) is 0 Å². The normalized spacial score (nSPS) is 19.8. The van der Waals surface area contributed by atoms with Crippen LogP contribution in [0.2, 0.25) is 0 Å². The highest BCUT2D eigenvalue weighted by atomic mass is 79.9. The second kappa shape index (κ2) is 6.93. The summed E-state index contributed by atoms with van der Waals surface area (Å²) in [6, 6.07) is 2.04. The van der Waals surface area contributed by atoms with Gasteiger partial charge in [0.1, 0.15) is 5.37 Å². The quantitative estimate of drug-likeness (QED) is 0.736. The molecule has 1 aliphatic rings. The second-order valence-corrected chi connectivity index (χ2v) is 6.80. The standard InChI is InChI=1S/C12H16BrNO2S2/c1-2-16-6-3-5-14-10(15)8-18-12(14)11-9(13)4-7-17-11/h4,7,12H,2-3,5-6,8H2,1H3. The number of carbonyl (C=O) groups excluding carboxylic acids is 1. The first-order valence-corrected chi connectivity index (χ1v) is 8.68. The van der Waals surface area contributed by atoms with Crippen molar-refractivity contribution >= 4 is 44.9 Å². The van der Waals surface area contributed by atoms with Gasteiger partial charge in [-0.3, -0.25) is 4.79 Å². The first-order chi connectivity index (χ1) is 8.74. The van der Waals surface area contributed by atoms with Gasteiger partial charge in [0, 0.05) is 24.2 Å². The molecule has 3 nitrogen and oxygen atoms in total. The van der Waals surface area contributed by atoms with Crippen molar-refractivity contribution in [2.24, 2.45) is 0 Å². The summed E-state index contributed by atoms with van der Waals surface area (Å²) in [6.07, 6.45) is 0.902. The second-order valence-electron chi connectivity index (χ2n) is 3.93. The fraction of sp³-hybridized carbons (Fsp3) is 0.583. The van der Waals surface area contributed by atoms with Crippen molar-refractivity contribution in [2.45, 2.75) is 18.7 Å². The highest BCUT2D eigenvalue weighted by Crippen LogP contribution is 2.43. The summed E-state index contributed by atoms with van der Waals surface area (Å²) < 4.78 is 6.43. The fourth-order valence-corrected chi connectivity index (χ4v) is 5.13. The van der Waals surface area contributed by atoms with Crippen LogP contribution in [0.15, 0.2) is 15.9 Å². The van der Waals surface area contributed by atoms with E-state index in [1.165, 1.54) is 4.88 Å². The Morgan fingerprint density at radius 1 is 1.61 bits per heavy atom. The van der Waals surface area contributed by atoms with Crippen molar-refractivity contribution < 1.29 is 9.53 Å². The van der Waals surface area contributed by atoms with Gasteiger partial charge in [0.15, 0.2) is 0 Å². The minimum absolute atomic E-state index is 0.175. The van der Waals surface area contributed by atoms with Crippen molar-refractivity contribution in [3.05, 3.63) is 20.8 Å². The molecule has 1 unspecified atom stereocenters. The van der Waals surface area contributed by atoms with E-state index in [2.05, 4.69) is 21.3 Å². The van der Waals surface area contributed by atoms with Crippen LogP contribution in [0.4, 0.5) is 0 Å². The molecule has 0 N–H and O–H groups in total. The van der Waals surface area contributed by atoms with Crippen LogP contribution in [0.1, 0.15) is 23.6 Å². The van der Waals surface area contributed by atoms with Gasteiger partial charge < -0.3 is 9.64 Å². The molecule has 0 saturated carbocycles. The molecule has 1 fully saturated rings. The predicted molar refractivity (Wildman–Crippen MR) is 80.0 cm³/mol. The summed E-state index contributed by atoms with van der Waals surface area (Å²) in [5.41, 5.74) is 0. The van der Waals surface area contributed by atoms with Crippen molar-refractivity contribution in [2.75, 3.05) is 25.5 Å². The molecular formula is C12H16BrNO2S2. The van der Waals surface area contributed by atoms with Gasteiger partial charge in [-0.2, -0.15) is 0 Å². The first-order valence-electron chi connectivity index (χ1n) is 5.95. The van der Waals surface area contributed by atoms with Crippen molar-refractivity contribution in [3.8, 4) is 0 Å². The number of thioether (sulfide) groups is 1. The number of rotatable bonds is 6. The molecular weight excluding hydrogens is 334 g/mol. The summed E-state index contributed by atoms with van der Waals surface area (Å²) in [5, 5.41) is 2.23. The molecule has 1 aromatic rings. The van der Waals surface area contributed by atoms with Gasteiger partial charge in [-0.25, -0.2) is 0 Å². The lowest BCUT2D eigenvalue weighted by molar-refractivity contribution is -0.128. The Balaban J connectivity index is 1.97. The molecule has 100 valence electrons. The number of amides is 1. The van der Waals surface area contributed by atoms with E-state index in [-0.39, 0.29) is 11.3 Å². The van der Waals surface area contributed by atoms with E-state index < -0.39 is 0 Å². The van der Waals surface area contributed by atoms with E-state index >= 15 is 0 Å².